The summed E-state index contributed by atoms with van der Waals surface area (Å²) in [6, 6.07) is 13.4. The summed E-state index contributed by atoms with van der Waals surface area (Å²) in [6.45, 7) is 0.230. The van der Waals surface area contributed by atoms with Crippen LogP contribution in [0, 0.1) is 5.82 Å². The maximum absolute atomic E-state index is 14.2. The summed E-state index contributed by atoms with van der Waals surface area (Å²) in [6.07, 6.45) is 3.34. The Bertz CT molecular complexity index is 1170. The van der Waals surface area contributed by atoms with Gasteiger partial charge in [0.1, 0.15) is 22.8 Å². The van der Waals surface area contributed by atoms with Crippen LogP contribution >= 0.6 is 11.3 Å². The summed E-state index contributed by atoms with van der Waals surface area (Å²) in [5, 5.41) is 0.394. The number of rotatable bonds is 6. The van der Waals surface area contributed by atoms with Crippen LogP contribution in [0.1, 0.15) is 15.9 Å². The molecule has 0 saturated carbocycles. The van der Waals surface area contributed by atoms with E-state index < -0.39 is 5.82 Å². The zero-order valence-electron chi connectivity index (χ0n) is 16.3. The second kappa shape index (κ2) is 8.46. The number of carbonyl (C=O) groups is 1. The van der Waals surface area contributed by atoms with E-state index in [1.54, 1.807) is 48.8 Å². The van der Waals surface area contributed by atoms with Gasteiger partial charge in [-0.1, -0.05) is 23.5 Å². The fourth-order valence-electron chi connectivity index (χ4n) is 3.01. The van der Waals surface area contributed by atoms with Crippen molar-refractivity contribution in [3.63, 3.8) is 0 Å². The minimum atomic E-state index is -0.424. The number of hydrogen-bond acceptors (Lipinski definition) is 6. The SMILES string of the molecule is COc1cc(OC)cc(C(=O)N(Cc2cccnc2)c2nc3c(F)cccc3s2)c1. The lowest BCUT2D eigenvalue weighted by Gasteiger charge is -2.20. The third-order valence-electron chi connectivity index (χ3n) is 4.50. The van der Waals surface area contributed by atoms with Crippen LogP contribution in [0.4, 0.5) is 9.52 Å². The van der Waals surface area contributed by atoms with Crippen LogP contribution in [0.15, 0.2) is 60.9 Å². The first-order chi connectivity index (χ1) is 14.6. The van der Waals surface area contributed by atoms with Crippen molar-refractivity contribution in [2.45, 2.75) is 6.54 Å². The van der Waals surface area contributed by atoms with Gasteiger partial charge in [0.25, 0.3) is 5.91 Å². The van der Waals surface area contributed by atoms with Gasteiger partial charge in [-0.15, -0.1) is 0 Å². The first-order valence-corrected chi connectivity index (χ1v) is 9.89. The first kappa shape index (κ1) is 19.8. The number of para-hydroxylation sites is 1. The summed E-state index contributed by atoms with van der Waals surface area (Å²) >= 11 is 1.25. The lowest BCUT2D eigenvalue weighted by Crippen LogP contribution is -2.30. The molecule has 6 nitrogen and oxygen atoms in total. The average Bonchev–Trinajstić information content (AvgIpc) is 3.22. The number of hydrogen-bond donors (Lipinski definition) is 0. The molecule has 0 N–H and O–H groups in total. The van der Waals surface area contributed by atoms with Crippen molar-refractivity contribution in [3.05, 3.63) is 77.9 Å². The summed E-state index contributed by atoms with van der Waals surface area (Å²) < 4.78 is 25.5. The van der Waals surface area contributed by atoms with Crippen molar-refractivity contribution in [2.24, 2.45) is 0 Å². The summed E-state index contributed by atoms with van der Waals surface area (Å²) in [5.74, 6) is 0.256. The smallest absolute Gasteiger partial charge is 0.260 e. The van der Waals surface area contributed by atoms with E-state index in [2.05, 4.69) is 9.97 Å². The van der Waals surface area contributed by atoms with Gasteiger partial charge in [-0.05, 0) is 35.9 Å². The van der Waals surface area contributed by atoms with Gasteiger partial charge < -0.3 is 9.47 Å². The highest BCUT2D eigenvalue weighted by molar-refractivity contribution is 7.22. The maximum Gasteiger partial charge on any atom is 0.260 e. The van der Waals surface area contributed by atoms with Crippen molar-refractivity contribution in [1.82, 2.24) is 9.97 Å². The number of amides is 1. The van der Waals surface area contributed by atoms with Gasteiger partial charge in [-0.25, -0.2) is 9.37 Å². The summed E-state index contributed by atoms with van der Waals surface area (Å²) in [7, 11) is 3.04. The normalized spacial score (nSPS) is 10.8. The molecule has 0 radical (unpaired) electrons. The van der Waals surface area contributed by atoms with E-state index in [0.717, 1.165) is 5.56 Å². The average molecular weight is 423 g/mol. The number of anilines is 1. The van der Waals surface area contributed by atoms with E-state index in [-0.39, 0.29) is 18.0 Å². The number of pyridine rings is 1. The Kier molecular flexibility index (Phi) is 5.58. The topological polar surface area (TPSA) is 64.6 Å². The Morgan fingerprint density at radius 3 is 2.50 bits per heavy atom. The highest BCUT2D eigenvalue weighted by Gasteiger charge is 2.24. The molecular weight excluding hydrogens is 405 g/mol. The quantitative estimate of drug-likeness (QED) is 0.450. The number of methoxy groups -OCH3 is 2. The summed E-state index contributed by atoms with van der Waals surface area (Å²) in [5.41, 5.74) is 1.43. The zero-order valence-corrected chi connectivity index (χ0v) is 17.1. The third-order valence-corrected chi connectivity index (χ3v) is 5.54. The van der Waals surface area contributed by atoms with Crippen LogP contribution in [0.2, 0.25) is 0 Å². The Morgan fingerprint density at radius 2 is 1.87 bits per heavy atom. The molecule has 0 unspecified atom stereocenters. The number of aromatic nitrogens is 2. The second-order valence-electron chi connectivity index (χ2n) is 6.44. The van der Waals surface area contributed by atoms with E-state index >= 15 is 0 Å². The Hall–Kier alpha value is -3.52. The monoisotopic (exact) mass is 423 g/mol. The molecule has 30 heavy (non-hydrogen) atoms. The van der Waals surface area contributed by atoms with Gasteiger partial charge in [0.15, 0.2) is 5.13 Å². The number of nitrogens with zero attached hydrogens (tertiary/aromatic N) is 3. The fraction of sp³-hybridized carbons (Fsp3) is 0.136. The van der Waals surface area contributed by atoms with Crippen LogP contribution in [-0.4, -0.2) is 30.1 Å². The van der Waals surface area contributed by atoms with Crippen LogP contribution in [0.3, 0.4) is 0 Å². The highest BCUT2D eigenvalue weighted by Crippen LogP contribution is 2.33. The molecule has 0 saturated heterocycles. The first-order valence-electron chi connectivity index (χ1n) is 9.08. The van der Waals surface area contributed by atoms with E-state index in [4.69, 9.17) is 9.47 Å². The van der Waals surface area contributed by atoms with Gasteiger partial charge in [-0.2, -0.15) is 0 Å². The van der Waals surface area contributed by atoms with Crippen LogP contribution in [-0.2, 0) is 6.54 Å². The molecule has 2 aromatic heterocycles. The Morgan fingerprint density at radius 1 is 1.10 bits per heavy atom. The van der Waals surface area contributed by atoms with Gasteiger partial charge in [0.05, 0.1) is 25.5 Å². The van der Waals surface area contributed by atoms with Crippen molar-refractivity contribution in [2.75, 3.05) is 19.1 Å². The predicted molar refractivity (Wildman–Crippen MR) is 114 cm³/mol. The minimum absolute atomic E-state index is 0.230. The van der Waals surface area contributed by atoms with Gasteiger partial charge in [-0.3, -0.25) is 14.7 Å². The van der Waals surface area contributed by atoms with Crippen LogP contribution in [0.5, 0.6) is 11.5 Å². The maximum atomic E-state index is 14.2. The van der Waals surface area contributed by atoms with Gasteiger partial charge >= 0.3 is 0 Å². The predicted octanol–water partition coefficient (Wildman–Crippen LogP) is 4.69. The minimum Gasteiger partial charge on any atom is -0.497 e. The molecule has 0 fully saturated rings. The largest absolute Gasteiger partial charge is 0.497 e. The molecule has 1 amide bonds. The van der Waals surface area contributed by atoms with Crippen LogP contribution in [0.25, 0.3) is 10.2 Å². The Balaban J connectivity index is 1.80. The molecule has 8 heteroatoms. The zero-order chi connectivity index (χ0) is 21.1. The number of thiazole rings is 1. The highest BCUT2D eigenvalue weighted by atomic mass is 32.1. The molecule has 0 atom stereocenters. The molecule has 0 bridgehead atoms. The lowest BCUT2D eigenvalue weighted by molar-refractivity contribution is 0.0984. The molecule has 152 valence electrons. The van der Waals surface area contributed by atoms with Crippen molar-refractivity contribution >= 4 is 32.6 Å². The number of fused-ring (bicyclic) bond motifs is 1. The van der Waals surface area contributed by atoms with Crippen molar-refractivity contribution in [1.29, 1.82) is 0 Å². The molecule has 2 heterocycles. The fourth-order valence-corrected chi connectivity index (χ4v) is 3.98. The van der Waals surface area contributed by atoms with Crippen molar-refractivity contribution in [3.8, 4) is 11.5 Å². The van der Waals surface area contributed by atoms with Gasteiger partial charge in [0, 0.05) is 24.0 Å². The standard InChI is InChI=1S/C22H18FN3O3S/c1-28-16-9-15(10-17(11-16)29-2)21(27)26(13-14-5-4-8-24-12-14)22-25-20-18(23)6-3-7-19(20)30-22/h3-12H,13H2,1-2H3. The number of carbonyl (C=O) groups excluding carboxylic acids is 1. The van der Waals surface area contributed by atoms with E-state index in [1.165, 1.54) is 36.5 Å². The lowest BCUT2D eigenvalue weighted by atomic mass is 10.1. The number of halogens is 1. The molecule has 2 aromatic carbocycles. The molecule has 4 rings (SSSR count). The molecule has 4 aromatic rings. The van der Waals surface area contributed by atoms with E-state index in [9.17, 15) is 9.18 Å². The second-order valence-corrected chi connectivity index (χ2v) is 7.45. The van der Waals surface area contributed by atoms with Crippen LogP contribution < -0.4 is 14.4 Å². The number of benzene rings is 2. The van der Waals surface area contributed by atoms with E-state index in [0.29, 0.717) is 26.9 Å². The van der Waals surface area contributed by atoms with Crippen molar-refractivity contribution < 1.29 is 18.7 Å². The molecule has 0 spiro atoms. The third kappa shape index (κ3) is 3.95. The van der Waals surface area contributed by atoms with Gasteiger partial charge in [0.2, 0.25) is 0 Å². The molecule has 0 aliphatic heterocycles. The summed E-state index contributed by atoms with van der Waals surface area (Å²) in [4.78, 5) is 23.6. The molecule has 0 aliphatic rings. The molecule has 0 aliphatic carbocycles. The number of ether oxygens (including phenoxy) is 2. The Labute approximate surface area is 176 Å². The van der Waals surface area contributed by atoms with E-state index in [1.807, 2.05) is 6.07 Å². The molecular formula is C22H18FN3O3S.